The fraction of sp³-hybridized carbons (Fsp3) is 0.500. The summed E-state index contributed by atoms with van der Waals surface area (Å²) in [5.41, 5.74) is 0.757. The number of carbonyl (C=O) groups excluding carboxylic acids is 3. The predicted molar refractivity (Wildman–Crippen MR) is 106 cm³/mol. The largest absolute Gasteiger partial charge is 0.459 e. The zero-order valence-corrected chi connectivity index (χ0v) is 16.6. The van der Waals surface area contributed by atoms with Gasteiger partial charge in [0.05, 0.1) is 12.0 Å². The van der Waals surface area contributed by atoms with Gasteiger partial charge in [0.1, 0.15) is 11.3 Å². The van der Waals surface area contributed by atoms with Gasteiger partial charge in [0.25, 0.3) is 5.91 Å². The molecule has 2 aliphatic rings. The van der Waals surface area contributed by atoms with Crippen LogP contribution < -0.4 is 5.32 Å². The lowest BCUT2D eigenvalue weighted by molar-refractivity contribution is -0.152. The van der Waals surface area contributed by atoms with Crippen LogP contribution in [0.4, 0.5) is 0 Å². The van der Waals surface area contributed by atoms with Gasteiger partial charge in [-0.05, 0) is 31.9 Å². The van der Waals surface area contributed by atoms with E-state index in [0.717, 1.165) is 36.7 Å². The smallest absolute Gasteiger partial charge is 0.311 e. The lowest BCUT2D eigenvalue weighted by Crippen LogP contribution is -2.35. The van der Waals surface area contributed by atoms with Gasteiger partial charge >= 0.3 is 5.97 Å². The van der Waals surface area contributed by atoms with Crippen molar-refractivity contribution in [3.63, 3.8) is 0 Å². The Morgan fingerprint density at radius 3 is 2.79 bits per heavy atom. The average molecular weight is 398 g/mol. The van der Waals surface area contributed by atoms with Gasteiger partial charge in [0.15, 0.2) is 6.61 Å². The number of ether oxygens (including phenoxy) is 1. The quantitative estimate of drug-likeness (QED) is 0.756. The van der Waals surface area contributed by atoms with Crippen LogP contribution in [0.15, 0.2) is 34.7 Å². The molecule has 1 aliphatic heterocycles. The van der Waals surface area contributed by atoms with Gasteiger partial charge in [-0.15, -0.1) is 0 Å². The number of rotatable bonds is 6. The van der Waals surface area contributed by atoms with Crippen molar-refractivity contribution >= 4 is 28.8 Å². The molecule has 29 heavy (non-hydrogen) atoms. The fourth-order valence-electron chi connectivity index (χ4n) is 4.28. The summed E-state index contributed by atoms with van der Waals surface area (Å²) in [5.74, 6) is -0.710. The maximum Gasteiger partial charge on any atom is 0.311 e. The van der Waals surface area contributed by atoms with Crippen LogP contribution in [0.2, 0.25) is 0 Å². The number of nitrogens with one attached hydrogen (secondary N) is 1. The highest BCUT2D eigenvalue weighted by atomic mass is 16.5. The highest BCUT2D eigenvalue weighted by Gasteiger charge is 2.39. The second-order valence-electron chi connectivity index (χ2n) is 7.97. The van der Waals surface area contributed by atoms with Crippen molar-refractivity contribution in [2.45, 2.75) is 51.1 Å². The van der Waals surface area contributed by atoms with Crippen LogP contribution in [0, 0.1) is 5.92 Å². The van der Waals surface area contributed by atoms with E-state index in [1.165, 1.54) is 0 Å². The van der Waals surface area contributed by atoms with E-state index in [4.69, 9.17) is 9.15 Å². The Morgan fingerprint density at radius 1 is 1.28 bits per heavy atom. The Bertz CT molecular complexity index is 882. The van der Waals surface area contributed by atoms with Crippen LogP contribution in [0.1, 0.15) is 50.8 Å². The number of hydrogen-bond acceptors (Lipinski definition) is 5. The SMILES string of the molecule is C[C@@H](NC(=O)COC(=O)[C@@H]1CC(=O)N(C2CCCC2)C1)c1cc2ccccc2o1. The van der Waals surface area contributed by atoms with Crippen molar-refractivity contribution in [3.05, 3.63) is 36.1 Å². The molecule has 1 saturated carbocycles. The van der Waals surface area contributed by atoms with E-state index in [0.29, 0.717) is 12.3 Å². The summed E-state index contributed by atoms with van der Waals surface area (Å²) in [4.78, 5) is 38.6. The zero-order valence-electron chi connectivity index (χ0n) is 16.6. The number of carbonyl (C=O) groups is 3. The molecule has 1 aliphatic carbocycles. The number of hydrogen-bond donors (Lipinski definition) is 1. The summed E-state index contributed by atoms with van der Waals surface area (Å²) < 4.78 is 10.9. The van der Waals surface area contributed by atoms with Crippen molar-refractivity contribution in [2.75, 3.05) is 13.2 Å². The van der Waals surface area contributed by atoms with Crippen LogP contribution >= 0.6 is 0 Å². The summed E-state index contributed by atoms with van der Waals surface area (Å²) in [6, 6.07) is 9.41. The number of amides is 2. The maximum absolute atomic E-state index is 12.3. The second kappa shape index (κ2) is 8.27. The summed E-state index contributed by atoms with van der Waals surface area (Å²) in [5, 5.41) is 3.74. The third-order valence-electron chi connectivity index (χ3n) is 5.85. The van der Waals surface area contributed by atoms with Crippen LogP contribution in [0.25, 0.3) is 11.0 Å². The molecule has 0 radical (unpaired) electrons. The van der Waals surface area contributed by atoms with E-state index in [9.17, 15) is 14.4 Å². The molecule has 4 rings (SSSR count). The van der Waals surface area contributed by atoms with Gasteiger partial charge in [-0.25, -0.2) is 0 Å². The molecule has 1 aromatic carbocycles. The first-order chi connectivity index (χ1) is 14.0. The first-order valence-corrected chi connectivity index (χ1v) is 10.2. The lowest BCUT2D eigenvalue weighted by Gasteiger charge is -2.23. The molecule has 7 nitrogen and oxygen atoms in total. The summed E-state index contributed by atoms with van der Waals surface area (Å²) in [7, 11) is 0. The Labute approximate surface area is 169 Å². The van der Waals surface area contributed by atoms with Gasteiger partial charge < -0.3 is 19.4 Å². The molecule has 154 valence electrons. The van der Waals surface area contributed by atoms with Crippen molar-refractivity contribution in [1.29, 1.82) is 0 Å². The van der Waals surface area contributed by atoms with Crippen LogP contribution in [-0.2, 0) is 19.1 Å². The summed E-state index contributed by atoms with van der Waals surface area (Å²) in [6.45, 7) is 1.85. The van der Waals surface area contributed by atoms with Crippen molar-refractivity contribution in [1.82, 2.24) is 10.2 Å². The molecule has 0 bridgehead atoms. The monoisotopic (exact) mass is 398 g/mol. The molecule has 1 aromatic heterocycles. The average Bonchev–Trinajstić information content (AvgIpc) is 3.44. The molecular weight excluding hydrogens is 372 g/mol. The number of likely N-dealkylation sites (tertiary alicyclic amines) is 1. The Hall–Kier alpha value is -2.83. The molecule has 2 heterocycles. The van der Waals surface area contributed by atoms with Crippen molar-refractivity contribution in [2.24, 2.45) is 5.92 Å². The van der Waals surface area contributed by atoms with Gasteiger partial charge in [0.2, 0.25) is 5.91 Å². The third-order valence-corrected chi connectivity index (χ3v) is 5.85. The molecule has 7 heteroatoms. The van der Waals surface area contributed by atoms with E-state index in [1.54, 1.807) is 0 Å². The van der Waals surface area contributed by atoms with Gasteiger partial charge in [-0.2, -0.15) is 0 Å². The summed E-state index contributed by atoms with van der Waals surface area (Å²) in [6.07, 6.45) is 4.46. The fourth-order valence-corrected chi connectivity index (χ4v) is 4.28. The number of furan rings is 1. The van der Waals surface area contributed by atoms with Crippen LogP contribution in [-0.4, -0.2) is 41.9 Å². The minimum Gasteiger partial charge on any atom is -0.459 e. The first kappa shape index (κ1) is 19.5. The molecule has 1 saturated heterocycles. The zero-order chi connectivity index (χ0) is 20.4. The third kappa shape index (κ3) is 4.28. The van der Waals surface area contributed by atoms with E-state index in [2.05, 4.69) is 5.32 Å². The molecule has 2 amide bonds. The molecule has 0 unspecified atom stereocenters. The minimum absolute atomic E-state index is 0.0156. The van der Waals surface area contributed by atoms with Gasteiger partial charge in [-0.1, -0.05) is 31.0 Å². The summed E-state index contributed by atoms with van der Waals surface area (Å²) >= 11 is 0. The second-order valence-corrected chi connectivity index (χ2v) is 7.97. The number of para-hydroxylation sites is 1. The highest BCUT2D eigenvalue weighted by molar-refractivity contribution is 5.88. The number of nitrogens with zero attached hydrogens (tertiary/aromatic N) is 1. The van der Waals surface area contributed by atoms with E-state index in [-0.39, 0.29) is 31.0 Å². The van der Waals surface area contributed by atoms with E-state index >= 15 is 0 Å². The Balaban J connectivity index is 1.25. The normalized spacial score (nSPS) is 20.9. The van der Waals surface area contributed by atoms with Crippen molar-refractivity contribution in [3.8, 4) is 0 Å². The number of esters is 1. The molecule has 2 fully saturated rings. The maximum atomic E-state index is 12.3. The molecule has 1 N–H and O–H groups in total. The van der Waals surface area contributed by atoms with E-state index < -0.39 is 17.8 Å². The topological polar surface area (TPSA) is 88.8 Å². The molecule has 2 aromatic rings. The van der Waals surface area contributed by atoms with Gasteiger partial charge in [0, 0.05) is 24.4 Å². The molecule has 2 atom stereocenters. The first-order valence-electron chi connectivity index (χ1n) is 10.2. The number of fused-ring (bicyclic) bond motifs is 1. The lowest BCUT2D eigenvalue weighted by atomic mass is 10.1. The molecular formula is C22H26N2O5. The Morgan fingerprint density at radius 2 is 2.03 bits per heavy atom. The van der Waals surface area contributed by atoms with Crippen LogP contribution in [0.5, 0.6) is 0 Å². The standard InChI is InChI=1S/C22H26N2O5/c1-14(19-10-15-6-2-5-9-18(15)29-19)23-20(25)13-28-22(27)16-11-21(26)24(12-16)17-7-3-4-8-17/h2,5-6,9-10,14,16-17H,3-4,7-8,11-13H2,1H3,(H,23,25)/t14-,16-/m1/s1. The van der Waals surface area contributed by atoms with Crippen LogP contribution in [0.3, 0.4) is 0 Å². The number of benzene rings is 1. The molecule has 0 spiro atoms. The highest BCUT2D eigenvalue weighted by Crippen LogP contribution is 2.30. The van der Waals surface area contributed by atoms with E-state index in [1.807, 2.05) is 42.2 Å². The minimum atomic E-state index is -0.483. The van der Waals surface area contributed by atoms with Gasteiger partial charge in [-0.3, -0.25) is 14.4 Å². The predicted octanol–water partition coefficient (Wildman–Crippen LogP) is 2.94. The Kier molecular flexibility index (Phi) is 5.56. The van der Waals surface area contributed by atoms with Crippen molar-refractivity contribution < 1.29 is 23.5 Å².